The van der Waals surface area contributed by atoms with Gasteiger partial charge in [-0.3, -0.25) is 4.72 Å². The summed E-state index contributed by atoms with van der Waals surface area (Å²) in [5.74, 6) is 0. The van der Waals surface area contributed by atoms with Gasteiger partial charge < -0.3 is 10.2 Å². The van der Waals surface area contributed by atoms with Gasteiger partial charge in [-0.05, 0) is 80.4 Å². The van der Waals surface area contributed by atoms with Gasteiger partial charge in [0, 0.05) is 29.1 Å². The lowest BCUT2D eigenvalue weighted by Crippen LogP contribution is -2.25. The number of rotatable bonds is 4. The van der Waals surface area contributed by atoms with Gasteiger partial charge >= 0.3 is 6.03 Å². The third-order valence-electron chi connectivity index (χ3n) is 5.89. The Balaban J connectivity index is 1.35. The summed E-state index contributed by atoms with van der Waals surface area (Å²) >= 11 is 3.18. The maximum absolute atomic E-state index is 12.9. The molecule has 0 radical (unpaired) electrons. The van der Waals surface area contributed by atoms with E-state index in [0.717, 1.165) is 65.5 Å². The first kappa shape index (κ1) is 20.5. The molecule has 1 aromatic carbocycles. The Morgan fingerprint density at radius 3 is 2.97 bits per heavy atom. The predicted molar refractivity (Wildman–Crippen MR) is 127 cm³/mol. The van der Waals surface area contributed by atoms with Crippen LogP contribution in [0.2, 0.25) is 0 Å². The summed E-state index contributed by atoms with van der Waals surface area (Å²) < 4.78 is 4.11. The van der Waals surface area contributed by atoms with Crippen LogP contribution in [0.4, 0.5) is 10.5 Å². The number of nitrogens with zero attached hydrogens (tertiary/aromatic N) is 3. The van der Waals surface area contributed by atoms with Crippen LogP contribution in [0.25, 0.3) is 11.1 Å². The number of fused-ring (bicyclic) bond motifs is 2. The Bertz CT molecular complexity index is 1140. The average molecular weight is 452 g/mol. The van der Waals surface area contributed by atoms with E-state index in [1.165, 1.54) is 33.5 Å². The number of anilines is 1. The lowest BCUT2D eigenvalue weighted by molar-refractivity contribution is 0.257. The highest BCUT2D eigenvalue weighted by Gasteiger charge is 2.21. The number of carbonyl (C=O) groups is 1. The quantitative estimate of drug-likeness (QED) is 0.557. The smallest absolute Gasteiger partial charge is 0.306 e. The molecule has 2 amide bonds. The zero-order valence-corrected chi connectivity index (χ0v) is 19.3. The van der Waals surface area contributed by atoms with Gasteiger partial charge in [0.05, 0.1) is 21.8 Å². The van der Waals surface area contributed by atoms with Crippen LogP contribution in [0, 0.1) is 6.92 Å². The van der Waals surface area contributed by atoms with Crippen molar-refractivity contribution in [1.29, 1.82) is 0 Å². The number of aromatic nitrogens is 2. The van der Waals surface area contributed by atoms with Gasteiger partial charge in [-0.1, -0.05) is 12.1 Å². The second-order valence-corrected chi connectivity index (χ2v) is 10.5. The number of nitrogens with one attached hydrogen (secondary N) is 2. The summed E-state index contributed by atoms with van der Waals surface area (Å²) in [6.45, 7) is 4.01. The molecule has 8 heteroatoms. The van der Waals surface area contributed by atoms with Gasteiger partial charge in [0.2, 0.25) is 0 Å². The highest BCUT2D eigenvalue weighted by molar-refractivity contribution is 7.99. The van der Waals surface area contributed by atoms with E-state index in [2.05, 4.69) is 50.4 Å². The lowest BCUT2D eigenvalue weighted by Gasteiger charge is -2.21. The molecule has 0 fully saturated rings. The molecule has 0 saturated heterocycles. The molecular formula is C23H25N5OS2. The Kier molecular flexibility index (Phi) is 5.69. The number of hydrogen-bond acceptors (Lipinski definition) is 6. The number of aryl methyl sites for hydroxylation is 2. The first-order chi connectivity index (χ1) is 15.1. The largest absolute Gasteiger partial charge is 0.329 e. The van der Waals surface area contributed by atoms with Crippen molar-refractivity contribution in [3.8, 4) is 11.1 Å². The lowest BCUT2D eigenvalue weighted by atomic mass is 9.98. The second kappa shape index (κ2) is 8.61. The molecule has 0 unspecified atom stereocenters. The van der Waals surface area contributed by atoms with Crippen LogP contribution < -0.4 is 10.0 Å². The number of carbonyl (C=O) groups excluding carboxylic acids is 1. The summed E-state index contributed by atoms with van der Waals surface area (Å²) in [6.07, 6.45) is 6.00. The molecule has 5 rings (SSSR count). The van der Waals surface area contributed by atoms with Crippen molar-refractivity contribution in [3.05, 3.63) is 57.7 Å². The van der Waals surface area contributed by atoms with E-state index in [9.17, 15) is 4.79 Å². The van der Waals surface area contributed by atoms with E-state index in [-0.39, 0.29) is 6.03 Å². The number of benzene rings is 1. The molecule has 2 N–H and O–H groups in total. The fraction of sp³-hybridized carbons (Fsp3) is 0.348. The van der Waals surface area contributed by atoms with E-state index < -0.39 is 0 Å². The van der Waals surface area contributed by atoms with Crippen LogP contribution in [0.15, 0.2) is 34.7 Å². The average Bonchev–Trinajstić information content (AvgIpc) is 3.39. The minimum absolute atomic E-state index is 0.200. The van der Waals surface area contributed by atoms with Crippen LogP contribution >= 0.6 is 23.3 Å². The normalized spacial score (nSPS) is 15.4. The fourth-order valence-electron chi connectivity index (χ4n) is 4.40. The van der Waals surface area contributed by atoms with Crippen molar-refractivity contribution in [1.82, 2.24) is 19.8 Å². The minimum Gasteiger partial charge on any atom is -0.306 e. The predicted octanol–water partition coefficient (Wildman–Crippen LogP) is 4.82. The van der Waals surface area contributed by atoms with Crippen LogP contribution in [0.1, 0.15) is 33.7 Å². The van der Waals surface area contributed by atoms with Crippen molar-refractivity contribution in [2.45, 2.75) is 43.4 Å². The van der Waals surface area contributed by atoms with E-state index in [4.69, 9.17) is 0 Å². The van der Waals surface area contributed by atoms with Crippen LogP contribution in [-0.2, 0) is 25.8 Å². The van der Waals surface area contributed by atoms with Crippen LogP contribution in [0.3, 0.4) is 0 Å². The monoisotopic (exact) mass is 451 g/mol. The van der Waals surface area contributed by atoms with Crippen molar-refractivity contribution in [2.75, 3.05) is 18.9 Å². The third kappa shape index (κ3) is 4.33. The molecule has 3 aromatic rings. The van der Waals surface area contributed by atoms with E-state index in [1.54, 1.807) is 17.5 Å². The molecular weight excluding hydrogens is 426 g/mol. The van der Waals surface area contributed by atoms with Crippen molar-refractivity contribution < 1.29 is 4.79 Å². The molecule has 0 spiro atoms. The topological polar surface area (TPSA) is 70.2 Å². The van der Waals surface area contributed by atoms with Gasteiger partial charge in [-0.15, -0.1) is 11.3 Å². The van der Waals surface area contributed by atoms with Crippen LogP contribution in [0.5, 0.6) is 0 Å². The summed E-state index contributed by atoms with van der Waals surface area (Å²) in [5.41, 5.74) is 7.66. The maximum atomic E-state index is 12.9. The Hall–Kier alpha value is -2.42. The standard InChI is InChI=1S/C23H25N5OS2/c1-14-10-16(12-24-26-14)19-7-6-15-4-3-5-18(15)22(19)25-23(29)27-31-21-11-17-13-28(2)9-8-20(17)30-21/h6-7,10-12H,3-5,8-9,13H2,1-2H3,(H2,25,27,29). The molecule has 3 heterocycles. The summed E-state index contributed by atoms with van der Waals surface area (Å²) in [7, 11) is 2.15. The fourth-order valence-corrected chi connectivity index (χ4v) is 6.33. The number of amides is 2. The second-order valence-electron chi connectivity index (χ2n) is 8.22. The number of likely N-dealkylation sites (N-methyl/N-ethyl adjacent to an activating group) is 1. The molecule has 1 aliphatic heterocycles. The van der Waals surface area contributed by atoms with Gasteiger partial charge in [0.1, 0.15) is 0 Å². The number of thiophene rings is 1. The Morgan fingerprint density at radius 2 is 2.10 bits per heavy atom. The summed E-state index contributed by atoms with van der Waals surface area (Å²) in [5, 5.41) is 11.3. The van der Waals surface area contributed by atoms with Crippen molar-refractivity contribution in [3.63, 3.8) is 0 Å². The van der Waals surface area contributed by atoms with Gasteiger partial charge in [0.25, 0.3) is 0 Å². The highest BCUT2D eigenvalue weighted by Crippen LogP contribution is 2.38. The molecule has 0 atom stereocenters. The molecule has 160 valence electrons. The highest BCUT2D eigenvalue weighted by atomic mass is 32.2. The molecule has 0 bridgehead atoms. The first-order valence-electron chi connectivity index (χ1n) is 10.6. The number of hydrogen-bond donors (Lipinski definition) is 2. The Morgan fingerprint density at radius 1 is 1.19 bits per heavy atom. The van der Waals surface area contributed by atoms with Gasteiger partial charge in [0.15, 0.2) is 0 Å². The van der Waals surface area contributed by atoms with E-state index in [1.807, 2.05) is 13.0 Å². The first-order valence-corrected chi connectivity index (χ1v) is 12.2. The molecule has 2 aliphatic rings. The SMILES string of the molecule is Cc1cc(-c2ccc3c(c2NC(=O)NSc2cc4c(s2)CCN(C)C4)CCC3)cnn1. The Labute approximate surface area is 190 Å². The van der Waals surface area contributed by atoms with Gasteiger partial charge in [-0.25, -0.2) is 4.79 Å². The van der Waals surface area contributed by atoms with Gasteiger partial charge in [-0.2, -0.15) is 10.2 Å². The van der Waals surface area contributed by atoms with Crippen LogP contribution in [-0.4, -0.2) is 34.7 Å². The molecule has 6 nitrogen and oxygen atoms in total. The summed E-state index contributed by atoms with van der Waals surface area (Å²) in [6, 6.07) is 8.28. The molecule has 2 aromatic heterocycles. The van der Waals surface area contributed by atoms with E-state index >= 15 is 0 Å². The summed E-state index contributed by atoms with van der Waals surface area (Å²) in [4.78, 5) is 16.6. The van der Waals surface area contributed by atoms with Crippen molar-refractivity contribution >= 4 is 35.0 Å². The molecule has 1 aliphatic carbocycles. The zero-order chi connectivity index (χ0) is 21.4. The zero-order valence-electron chi connectivity index (χ0n) is 17.7. The number of urea groups is 1. The molecule has 0 saturated carbocycles. The van der Waals surface area contributed by atoms with Crippen molar-refractivity contribution in [2.24, 2.45) is 0 Å². The minimum atomic E-state index is -0.200. The van der Waals surface area contributed by atoms with E-state index in [0.29, 0.717) is 0 Å². The maximum Gasteiger partial charge on any atom is 0.329 e. The molecule has 31 heavy (non-hydrogen) atoms. The third-order valence-corrected chi connectivity index (χ3v) is 8.03.